The lowest BCUT2D eigenvalue weighted by molar-refractivity contribution is 0.0953. The first kappa shape index (κ1) is 14.5. The number of nitrogens with one attached hydrogen (secondary N) is 1. The zero-order valence-corrected chi connectivity index (χ0v) is 11.0. The summed E-state index contributed by atoms with van der Waals surface area (Å²) in [5.41, 5.74) is 3.46. The third-order valence-corrected chi connectivity index (χ3v) is 2.80. The highest BCUT2D eigenvalue weighted by molar-refractivity contribution is 5.93. The molecule has 106 valence electrons. The molecular formula is C15H12FN3O2. The van der Waals surface area contributed by atoms with Crippen molar-refractivity contribution in [3.8, 4) is 11.8 Å². The zero-order valence-electron chi connectivity index (χ0n) is 11.0. The van der Waals surface area contributed by atoms with Crippen LogP contribution in [0.15, 0.2) is 42.5 Å². The Morgan fingerprint density at radius 3 is 2.57 bits per heavy atom. The molecule has 0 fully saturated rings. The summed E-state index contributed by atoms with van der Waals surface area (Å²) in [7, 11) is 0. The van der Waals surface area contributed by atoms with Crippen LogP contribution < -0.4 is 16.0 Å². The van der Waals surface area contributed by atoms with Gasteiger partial charge in [-0.2, -0.15) is 5.26 Å². The second-order valence-corrected chi connectivity index (χ2v) is 4.22. The summed E-state index contributed by atoms with van der Waals surface area (Å²) < 4.78 is 19.0. The van der Waals surface area contributed by atoms with E-state index < -0.39 is 5.82 Å². The summed E-state index contributed by atoms with van der Waals surface area (Å²) in [5.74, 6) is 4.12. The number of halogens is 1. The summed E-state index contributed by atoms with van der Waals surface area (Å²) >= 11 is 0. The van der Waals surface area contributed by atoms with Crippen LogP contribution in [0.2, 0.25) is 0 Å². The predicted octanol–water partition coefficient (Wildman–Crippen LogP) is 1.88. The lowest BCUT2D eigenvalue weighted by Crippen LogP contribution is -2.29. The van der Waals surface area contributed by atoms with E-state index in [0.717, 1.165) is 11.6 Å². The first-order chi connectivity index (χ1) is 10.1. The number of nitrogens with zero attached hydrogens (tertiary/aromatic N) is 1. The van der Waals surface area contributed by atoms with Crippen molar-refractivity contribution in [3.63, 3.8) is 0 Å². The standard InChI is InChI=1S/C15H12FN3O2/c16-13-7-11(8-17)3-6-14(13)21-9-10-1-4-12(5-2-10)15(20)19-18/h1-7H,9,18H2,(H,19,20). The molecule has 21 heavy (non-hydrogen) atoms. The number of nitrogen functional groups attached to an aromatic ring is 1. The van der Waals surface area contributed by atoms with Gasteiger partial charge in [-0.25, -0.2) is 10.2 Å². The van der Waals surface area contributed by atoms with Crippen LogP contribution in [0.25, 0.3) is 0 Å². The third kappa shape index (κ3) is 3.55. The molecular weight excluding hydrogens is 273 g/mol. The van der Waals surface area contributed by atoms with Gasteiger partial charge in [0.25, 0.3) is 5.91 Å². The van der Waals surface area contributed by atoms with E-state index >= 15 is 0 Å². The minimum atomic E-state index is -0.590. The molecule has 1 amide bonds. The second-order valence-electron chi connectivity index (χ2n) is 4.22. The molecule has 0 unspecified atom stereocenters. The number of ether oxygens (including phenoxy) is 1. The number of hydrogen-bond donors (Lipinski definition) is 2. The predicted molar refractivity (Wildman–Crippen MR) is 73.5 cm³/mol. The highest BCUT2D eigenvalue weighted by Gasteiger charge is 2.06. The number of carbonyl (C=O) groups is 1. The number of nitriles is 1. The van der Waals surface area contributed by atoms with Gasteiger partial charge in [0.1, 0.15) is 6.61 Å². The normalized spacial score (nSPS) is 9.76. The van der Waals surface area contributed by atoms with Crippen LogP contribution in [-0.4, -0.2) is 5.91 Å². The summed E-state index contributed by atoms with van der Waals surface area (Å²) in [5, 5.41) is 8.65. The van der Waals surface area contributed by atoms with E-state index in [0.29, 0.717) is 5.56 Å². The van der Waals surface area contributed by atoms with E-state index in [9.17, 15) is 9.18 Å². The zero-order chi connectivity index (χ0) is 15.2. The first-order valence-electron chi connectivity index (χ1n) is 6.06. The lowest BCUT2D eigenvalue weighted by Gasteiger charge is -2.08. The quantitative estimate of drug-likeness (QED) is 0.510. The molecule has 0 aromatic heterocycles. The maximum atomic E-state index is 13.6. The van der Waals surface area contributed by atoms with E-state index in [2.05, 4.69) is 0 Å². The van der Waals surface area contributed by atoms with Crippen LogP contribution >= 0.6 is 0 Å². The highest BCUT2D eigenvalue weighted by Crippen LogP contribution is 2.19. The molecule has 0 atom stereocenters. The molecule has 2 aromatic carbocycles. The molecule has 0 heterocycles. The topological polar surface area (TPSA) is 88.1 Å². The minimum absolute atomic E-state index is 0.0674. The van der Waals surface area contributed by atoms with Crippen molar-refractivity contribution in [1.82, 2.24) is 5.43 Å². The Balaban J connectivity index is 2.03. The van der Waals surface area contributed by atoms with Crippen molar-refractivity contribution in [2.24, 2.45) is 5.84 Å². The Kier molecular flexibility index (Phi) is 4.49. The SMILES string of the molecule is N#Cc1ccc(OCc2ccc(C(=O)NN)cc2)c(F)c1. The van der Waals surface area contributed by atoms with E-state index in [1.807, 2.05) is 11.5 Å². The molecule has 0 aliphatic carbocycles. The number of rotatable bonds is 4. The van der Waals surface area contributed by atoms with Gasteiger partial charge in [0.05, 0.1) is 11.6 Å². The van der Waals surface area contributed by atoms with Gasteiger partial charge in [0.15, 0.2) is 11.6 Å². The summed E-state index contributed by atoms with van der Waals surface area (Å²) in [6, 6.07) is 12.4. The lowest BCUT2D eigenvalue weighted by atomic mass is 10.1. The molecule has 0 saturated heterocycles. The molecule has 2 rings (SSSR count). The van der Waals surface area contributed by atoms with Crippen LogP contribution in [0.3, 0.4) is 0 Å². The van der Waals surface area contributed by atoms with Crippen LogP contribution in [0.4, 0.5) is 4.39 Å². The molecule has 0 aliphatic heterocycles. The molecule has 5 nitrogen and oxygen atoms in total. The Labute approximate surface area is 120 Å². The van der Waals surface area contributed by atoms with Crippen LogP contribution in [0.1, 0.15) is 21.5 Å². The van der Waals surface area contributed by atoms with Crippen LogP contribution in [0, 0.1) is 17.1 Å². The van der Waals surface area contributed by atoms with Gasteiger partial charge in [-0.05, 0) is 35.9 Å². The van der Waals surface area contributed by atoms with Gasteiger partial charge in [-0.3, -0.25) is 10.2 Å². The van der Waals surface area contributed by atoms with Crippen molar-refractivity contribution < 1.29 is 13.9 Å². The number of amides is 1. The number of benzene rings is 2. The van der Waals surface area contributed by atoms with Gasteiger partial charge in [0.2, 0.25) is 0 Å². The third-order valence-electron chi connectivity index (χ3n) is 2.80. The molecule has 0 saturated carbocycles. The van der Waals surface area contributed by atoms with Gasteiger partial charge in [-0.1, -0.05) is 12.1 Å². The van der Waals surface area contributed by atoms with E-state index in [1.54, 1.807) is 24.3 Å². The highest BCUT2D eigenvalue weighted by atomic mass is 19.1. The minimum Gasteiger partial charge on any atom is -0.486 e. The second kappa shape index (κ2) is 6.50. The van der Waals surface area contributed by atoms with Crippen LogP contribution in [0.5, 0.6) is 5.75 Å². The Morgan fingerprint density at radius 2 is 2.00 bits per heavy atom. The Morgan fingerprint density at radius 1 is 1.29 bits per heavy atom. The number of carbonyl (C=O) groups excluding carboxylic acids is 1. The molecule has 0 spiro atoms. The van der Waals surface area contributed by atoms with Gasteiger partial charge >= 0.3 is 0 Å². The molecule has 0 aliphatic rings. The summed E-state index contributed by atoms with van der Waals surface area (Å²) in [6.45, 7) is 0.146. The van der Waals surface area contributed by atoms with Crippen molar-refractivity contribution in [2.45, 2.75) is 6.61 Å². The maximum absolute atomic E-state index is 13.6. The van der Waals surface area contributed by atoms with Crippen LogP contribution in [-0.2, 0) is 6.61 Å². The monoisotopic (exact) mass is 285 g/mol. The van der Waals surface area contributed by atoms with E-state index in [4.69, 9.17) is 15.8 Å². The average molecular weight is 285 g/mol. The van der Waals surface area contributed by atoms with Crippen molar-refractivity contribution in [3.05, 3.63) is 65.0 Å². The molecule has 6 heteroatoms. The smallest absolute Gasteiger partial charge is 0.265 e. The fourth-order valence-corrected chi connectivity index (χ4v) is 1.68. The van der Waals surface area contributed by atoms with Crippen molar-refractivity contribution in [1.29, 1.82) is 5.26 Å². The van der Waals surface area contributed by atoms with Gasteiger partial charge in [-0.15, -0.1) is 0 Å². The Hall–Kier alpha value is -2.91. The average Bonchev–Trinajstić information content (AvgIpc) is 2.53. The molecule has 2 aromatic rings. The van der Waals surface area contributed by atoms with Gasteiger partial charge in [0, 0.05) is 5.56 Å². The van der Waals surface area contributed by atoms with Gasteiger partial charge < -0.3 is 4.74 Å². The molecule has 0 radical (unpaired) electrons. The molecule has 3 N–H and O–H groups in total. The number of nitrogens with two attached hydrogens (primary N) is 1. The summed E-state index contributed by atoms with van der Waals surface area (Å²) in [6.07, 6.45) is 0. The number of hydrogen-bond acceptors (Lipinski definition) is 4. The fourth-order valence-electron chi connectivity index (χ4n) is 1.68. The first-order valence-corrected chi connectivity index (χ1v) is 6.06. The fraction of sp³-hybridized carbons (Fsp3) is 0.0667. The van der Waals surface area contributed by atoms with E-state index in [1.165, 1.54) is 12.1 Å². The van der Waals surface area contributed by atoms with Crippen molar-refractivity contribution >= 4 is 5.91 Å². The van der Waals surface area contributed by atoms with Crippen molar-refractivity contribution in [2.75, 3.05) is 0 Å². The summed E-state index contributed by atoms with van der Waals surface area (Å²) in [4.78, 5) is 11.3. The maximum Gasteiger partial charge on any atom is 0.265 e. The molecule has 0 bridgehead atoms. The largest absolute Gasteiger partial charge is 0.486 e. The Bertz CT molecular complexity index is 693. The van der Waals surface area contributed by atoms with E-state index in [-0.39, 0.29) is 23.8 Å². The number of hydrazine groups is 1.